The molecule has 0 fully saturated rings. The number of hydrogen-bond donors (Lipinski definition) is 0. The van der Waals surface area contributed by atoms with Crippen molar-refractivity contribution in [2.75, 3.05) is 0 Å². The van der Waals surface area contributed by atoms with E-state index in [4.69, 9.17) is 15.0 Å². The minimum Gasteiger partial charge on any atom is -0.309 e. The third-order valence-corrected chi connectivity index (χ3v) is 9.59. The molecule has 52 heavy (non-hydrogen) atoms. The van der Waals surface area contributed by atoms with Crippen molar-refractivity contribution < 1.29 is 4.39 Å². The minimum atomic E-state index is -0.286. The number of rotatable bonds is 6. The zero-order valence-electron chi connectivity index (χ0n) is 28.8. The van der Waals surface area contributed by atoms with Gasteiger partial charge in [-0.3, -0.25) is 0 Å². The molecule has 248 valence electrons. The van der Waals surface area contributed by atoms with E-state index in [0.717, 1.165) is 60.9 Å². The summed E-state index contributed by atoms with van der Waals surface area (Å²) in [5.74, 6) is 1.41. The number of nitrogens with zero attached hydrogens (tertiary/aromatic N) is 4. The lowest BCUT2D eigenvalue weighted by Gasteiger charge is -2.17. The van der Waals surface area contributed by atoms with Crippen LogP contribution in [0.2, 0.25) is 0 Å². The number of aryl methyl sites for hydroxylation is 2. The largest absolute Gasteiger partial charge is 0.309 e. The molecule has 0 aliphatic heterocycles. The van der Waals surface area contributed by atoms with Crippen LogP contribution in [0.15, 0.2) is 164 Å². The van der Waals surface area contributed by atoms with Crippen LogP contribution >= 0.6 is 0 Å². The van der Waals surface area contributed by atoms with Gasteiger partial charge in [-0.15, -0.1) is 0 Å². The molecule has 9 aromatic rings. The number of halogens is 1. The number of hydrogen-bond acceptors (Lipinski definition) is 3. The molecule has 0 radical (unpaired) electrons. The Morgan fingerprint density at radius 1 is 0.404 bits per heavy atom. The second-order valence-electron chi connectivity index (χ2n) is 13.2. The van der Waals surface area contributed by atoms with Crippen LogP contribution in [0.4, 0.5) is 4.39 Å². The first-order chi connectivity index (χ1) is 25.5. The molecule has 2 aromatic heterocycles. The van der Waals surface area contributed by atoms with Gasteiger partial charge < -0.3 is 4.57 Å². The lowest BCUT2D eigenvalue weighted by molar-refractivity contribution is 0.631. The average molecular weight is 673 g/mol. The maximum Gasteiger partial charge on any atom is 0.164 e. The summed E-state index contributed by atoms with van der Waals surface area (Å²) in [7, 11) is 0. The Bertz CT molecular complexity index is 2690. The van der Waals surface area contributed by atoms with E-state index in [-0.39, 0.29) is 5.82 Å². The third-order valence-electron chi connectivity index (χ3n) is 9.59. The highest BCUT2D eigenvalue weighted by atomic mass is 19.1. The fourth-order valence-electron chi connectivity index (χ4n) is 7.25. The summed E-state index contributed by atoms with van der Waals surface area (Å²) in [6, 6.07) is 54.7. The summed E-state index contributed by atoms with van der Waals surface area (Å²) in [6.45, 7) is 4.26. The van der Waals surface area contributed by atoms with E-state index >= 15 is 4.39 Å². The summed E-state index contributed by atoms with van der Waals surface area (Å²) < 4.78 is 18.0. The molecule has 0 amide bonds. The van der Waals surface area contributed by atoms with E-state index in [9.17, 15) is 0 Å². The van der Waals surface area contributed by atoms with E-state index in [1.165, 1.54) is 17.2 Å². The van der Waals surface area contributed by atoms with Crippen LogP contribution in [-0.4, -0.2) is 19.5 Å². The van der Waals surface area contributed by atoms with Gasteiger partial charge in [0.05, 0.1) is 16.7 Å². The highest BCUT2D eigenvalue weighted by Gasteiger charge is 2.20. The molecule has 4 nitrogen and oxygen atoms in total. The molecule has 0 bridgehead atoms. The lowest BCUT2D eigenvalue weighted by atomic mass is 9.99. The molecule has 9 rings (SSSR count). The second kappa shape index (κ2) is 12.9. The molecular formula is C47H33FN4. The Hall–Kier alpha value is -6.72. The molecule has 7 aromatic carbocycles. The van der Waals surface area contributed by atoms with Gasteiger partial charge in [-0.25, -0.2) is 19.3 Å². The fourth-order valence-corrected chi connectivity index (χ4v) is 7.25. The minimum absolute atomic E-state index is 0.286. The first-order valence-electron chi connectivity index (χ1n) is 17.4. The Morgan fingerprint density at radius 3 is 1.63 bits per heavy atom. The van der Waals surface area contributed by atoms with Gasteiger partial charge in [0.25, 0.3) is 0 Å². The summed E-state index contributed by atoms with van der Waals surface area (Å²) in [6.07, 6.45) is 0. The van der Waals surface area contributed by atoms with Crippen molar-refractivity contribution in [2.24, 2.45) is 0 Å². The highest BCUT2D eigenvalue weighted by molar-refractivity contribution is 6.11. The number of para-hydroxylation sites is 1. The fraction of sp³-hybridized carbons (Fsp3) is 0.0426. The first-order valence-corrected chi connectivity index (χ1v) is 17.4. The molecule has 5 heteroatoms. The maximum absolute atomic E-state index is 15.7. The topological polar surface area (TPSA) is 43.6 Å². The van der Waals surface area contributed by atoms with Crippen molar-refractivity contribution >= 4 is 21.8 Å². The van der Waals surface area contributed by atoms with E-state index < -0.39 is 0 Å². The van der Waals surface area contributed by atoms with Crippen molar-refractivity contribution in [1.29, 1.82) is 0 Å². The van der Waals surface area contributed by atoms with Gasteiger partial charge in [0.1, 0.15) is 5.82 Å². The van der Waals surface area contributed by atoms with Gasteiger partial charge >= 0.3 is 0 Å². The smallest absolute Gasteiger partial charge is 0.164 e. The number of benzene rings is 7. The van der Waals surface area contributed by atoms with Crippen LogP contribution in [0.25, 0.3) is 83.9 Å². The van der Waals surface area contributed by atoms with Gasteiger partial charge in [-0.1, -0.05) is 151 Å². The van der Waals surface area contributed by atoms with Gasteiger partial charge in [0.15, 0.2) is 17.5 Å². The van der Waals surface area contributed by atoms with Crippen molar-refractivity contribution in [3.05, 3.63) is 181 Å². The van der Waals surface area contributed by atoms with Crippen molar-refractivity contribution in [2.45, 2.75) is 13.8 Å². The Kier molecular flexibility index (Phi) is 7.74. The summed E-state index contributed by atoms with van der Waals surface area (Å²) >= 11 is 0. The van der Waals surface area contributed by atoms with Gasteiger partial charge in [-0.2, -0.15) is 0 Å². The van der Waals surface area contributed by atoms with Crippen LogP contribution in [0.5, 0.6) is 0 Å². The van der Waals surface area contributed by atoms with E-state index in [0.29, 0.717) is 23.0 Å². The maximum atomic E-state index is 15.7. The van der Waals surface area contributed by atoms with Gasteiger partial charge in [0.2, 0.25) is 0 Å². The zero-order chi connectivity index (χ0) is 35.2. The quantitative estimate of drug-likeness (QED) is 0.177. The van der Waals surface area contributed by atoms with Crippen molar-refractivity contribution in [3.8, 4) is 62.1 Å². The van der Waals surface area contributed by atoms with Crippen LogP contribution in [0, 0.1) is 19.7 Å². The second-order valence-corrected chi connectivity index (χ2v) is 13.2. The van der Waals surface area contributed by atoms with E-state index in [1.807, 2.05) is 84.9 Å². The predicted molar refractivity (Wildman–Crippen MR) is 211 cm³/mol. The van der Waals surface area contributed by atoms with Crippen LogP contribution < -0.4 is 0 Å². The standard InChI is InChI=1S/C47H33FN4/c1-30-25-31(2)27-36(26-30)34-21-23-40-38-18-10-12-20-42(38)52(43(40)28-34)44-29-35(22-24-39(44)37-17-9-11-19-41(37)48)47-50-45(32-13-5-3-6-14-32)49-46(51-47)33-15-7-4-8-16-33/h3-29H,1-2H3. The molecule has 0 atom stereocenters. The molecule has 0 N–H and O–H groups in total. The molecular weight excluding hydrogens is 640 g/mol. The normalized spacial score (nSPS) is 11.4. The zero-order valence-corrected chi connectivity index (χ0v) is 28.8. The summed E-state index contributed by atoms with van der Waals surface area (Å²) in [4.78, 5) is 15.0. The molecule has 0 aliphatic carbocycles. The summed E-state index contributed by atoms with van der Waals surface area (Å²) in [5, 5.41) is 2.23. The van der Waals surface area contributed by atoms with Gasteiger partial charge in [-0.05, 0) is 49.2 Å². The monoisotopic (exact) mass is 672 g/mol. The highest BCUT2D eigenvalue weighted by Crippen LogP contribution is 2.40. The van der Waals surface area contributed by atoms with E-state index in [1.54, 1.807) is 6.07 Å². The molecule has 2 heterocycles. The van der Waals surface area contributed by atoms with Crippen LogP contribution in [0.1, 0.15) is 11.1 Å². The average Bonchev–Trinajstić information content (AvgIpc) is 3.51. The third kappa shape index (κ3) is 5.62. The van der Waals surface area contributed by atoms with Crippen molar-refractivity contribution in [1.82, 2.24) is 19.5 Å². The Morgan fingerprint density at radius 2 is 0.962 bits per heavy atom. The van der Waals surface area contributed by atoms with E-state index in [2.05, 4.69) is 85.1 Å². The number of aromatic nitrogens is 4. The first kappa shape index (κ1) is 31.3. The van der Waals surface area contributed by atoms with Crippen molar-refractivity contribution in [3.63, 3.8) is 0 Å². The molecule has 0 saturated carbocycles. The molecule has 0 aliphatic rings. The molecule has 0 unspecified atom stereocenters. The SMILES string of the molecule is Cc1cc(C)cc(-c2ccc3c4ccccc4n(-c4cc(-c5nc(-c6ccccc6)nc(-c6ccccc6)n5)ccc4-c4ccccc4F)c3c2)c1. The predicted octanol–water partition coefficient (Wildman–Crippen LogP) is 12.1. The number of fused-ring (bicyclic) bond motifs is 3. The summed E-state index contributed by atoms with van der Waals surface area (Å²) in [5.41, 5.74) is 11.5. The van der Waals surface area contributed by atoms with Gasteiger partial charge in [0, 0.05) is 38.6 Å². The van der Waals surface area contributed by atoms with Crippen LogP contribution in [-0.2, 0) is 0 Å². The molecule has 0 spiro atoms. The lowest BCUT2D eigenvalue weighted by Crippen LogP contribution is -2.02. The molecule has 0 saturated heterocycles. The van der Waals surface area contributed by atoms with Crippen LogP contribution in [0.3, 0.4) is 0 Å². The Balaban J connectivity index is 1.34. The Labute approximate surface area is 301 Å².